The van der Waals surface area contributed by atoms with E-state index in [0.29, 0.717) is 38.6 Å². The number of esters is 1. The lowest BCUT2D eigenvalue weighted by molar-refractivity contribution is -0.147. The first-order valence-electron chi connectivity index (χ1n) is 19.0. The fourth-order valence-corrected chi connectivity index (χ4v) is 5.20. The molecule has 0 rings (SSSR count). The monoisotopic (exact) mass is 659 g/mol. The average Bonchev–Trinajstić information content (AvgIpc) is 3.05. The van der Waals surface area contributed by atoms with Gasteiger partial charge in [-0.15, -0.1) is 0 Å². The fourth-order valence-electron chi connectivity index (χ4n) is 5.20. The zero-order chi connectivity index (χ0) is 34.6. The molecule has 0 heterocycles. The lowest BCUT2D eigenvalue weighted by Crippen LogP contribution is -2.40. The Hall–Kier alpha value is -2.67. The number of nitrogens with one attached hydrogen (secondary N) is 1. The predicted octanol–water partition coefficient (Wildman–Crippen LogP) is 10.1. The normalized spacial score (nSPS) is 13.3. The molecule has 7 nitrogen and oxygen atoms in total. The lowest BCUT2D eigenvalue weighted by atomic mass is 10.1. The Balaban J connectivity index is 3.99. The molecule has 7 heteroatoms. The molecule has 0 aromatic heterocycles. The first-order chi connectivity index (χ1) is 22.9. The van der Waals surface area contributed by atoms with Gasteiger partial charge in [-0.1, -0.05) is 114 Å². The van der Waals surface area contributed by atoms with Crippen molar-refractivity contribution in [2.75, 3.05) is 6.54 Å². The van der Waals surface area contributed by atoms with Crippen LogP contribution in [0, 0.1) is 0 Å². The number of carbonyl (C=O) groups is 3. The molecule has 4 N–H and O–H groups in total. The van der Waals surface area contributed by atoms with Crippen LogP contribution in [0.5, 0.6) is 0 Å². The van der Waals surface area contributed by atoms with Crippen LogP contribution < -0.4 is 11.1 Å². The molecule has 0 fully saturated rings. The van der Waals surface area contributed by atoms with Gasteiger partial charge in [0.15, 0.2) is 0 Å². The Kier molecular flexibility index (Phi) is 32.7. The third kappa shape index (κ3) is 31.7. The maximum atomic E-state index is 12.5. The molecule has 0 aromatic carbocycles. The molecule has 2 atom stereocenters. The van der Waals surface area contributed by atoms with Gasteiger partial charge < -0.3 is 20.9 Å². The minimum absolute atomic E-state index is 0.113. The van der Waals surface area contributed by atoms with E-state index in [9.17, 15) is 19.5 Å². The molecule has 0 aliphatic heterocycles. The minimum Gasteiger partial charge on any atom is -0.480 e. The van der Waals surface area contributed by atoms with Gasteiger partial charge in [-0.2, -0.15) is 0 Å². The highest BCUT2D eigenvalue weighted by atomic mass is 16.5. The number of unbranched alkanes of at least 4 members (excludes halogenated alkanes) is 13. The Labute approximate surface area is 287 Å². The Morgan fingerprint density at radius 2 is 1.21 bits per heavy atom. The summed E-state index contributed by atoms with van der Waals surface area (Å²) in [7, 11) is 0. The van der Waals surface area contributed by atoms with Crippen LogP contribution in [0.15, 0.2) is 48.6 Å². The number of carboxylic acids is 1. The van der Waals surface area contributed by atoms with Crippen molar-refractivity contribution in [3.63, 3.8) is 0 Å². The molecule has 47 heavy (non-hydrogen) atoms. The van der Waals surface area contributed by atoms with Crippen molar-refractivity contribution in [3.8, 4) is 0 Å². The quantitative estimate of drug-likeness (QED) is 0.0367. The Morgan fingerprint density at radius 3 is 1.83 bits per heavy atom. The van der Waals surface area contributed by atoms with Gasteiger partial charge in [0.05, 0.1) is 0 Å². The molecule has 0 saturated carbocycles. The van der Waals surface area contributed by atoms with Gasteiger partial charge in [-0.05, 0) is 96.1 Å². The summed E-state index contributed by atoms with van der Waals surface area (Å²) < 4.78 is 5.81. The number of ether oxygens (including phenoxy) is 1. The van der Waals surface area contributed by atoms with Crippen LogP contribution in [0.2, 0.25) is 0 Å². The summed E-state index contributed by atoms with van der Waals surface area (Å²) in [6.07, 6.45) is 40.6. The van der Waals surface area contributed by atoms with Crippen LogP contribution in [-0.2, 0) is 19.1 Å². The van der Waals surface area contributed by atoms with Crippen molar-refractivity contribution in [1.82, 2.24) is 5.32 Å². The third-order valence-corrected chi connectivity index (χ3v) is 8.08. The summed E-state index contributed by atoms with van der Waals surface area (Å²) in [6, 6.07) is -0.871. The highest BCUT2D eigenvalue weighted by Crippen LogP contribution is 2.15. The van der Waals surface area contributed by atoms with Crippen LogP contribution in [0.3, 0.4) is 0 Å². The van der Waals surface area contributed by atoms with E-state index in [1.165, 1.54) is 44.9 Å². The van der Waals surface area contributed by atoms with Crippen molar-refractivity contribution in [3.05, 3.63) is 48.6 Å². The van der Waals surface area contributed by atoms with E-state index in [0.717, 1.165) is 77.0 Å². The molecule has 0 aliphatic carbocycles. The standard InChI is InChI=1S/C40H70N2O5/c1-3-5-7-8-9-10-11-12-13-14-15-16-17-18-19-20-21-22-28-34-39(44)47-36(30-25-6-4-2)31-26-23-24-27-33-38(43)42-37(40(45)46)32-29-35-41/h9-10,12-13,15-16,25,30,36-37H,3-8,11,14,17-24,26-29,31-35,41H2,1-2H3,(H,42,43)(H,45,46)/b10-9-,13-12-,16-15-,30-25-. The van der Waals surface area contributed by atoms with E-state index in [4.69, 9.17) is 10.5 Å². The number of hydrogen-bond acceptors (Lipinski definition) is 5. The average molecular weight is 659 g/mol. The first-order valence-corrected chi connectivity index (χ1v) is 19.0. The second kappa shape index (κ2) is 34.7. The third-order valence-electron chi connectivity index (χ3n) is 8.08. The molecular weight excluding hydrogens is 588 g/mol. The number of carboxylic acid groups (broad SMARTS) is 1. The van der Waals surface area contributed by atoms with Gasteiger partial charge in [0.25, 0.3) is 0 Å². The van der Waals surface area contributed by atoms with Crippen LogP contribution in [0.4, 0.5) is 0 Å². The highest BCUT2D eigenvalue weighted by Gasteiger charge is 2.19. The number of hydrogen-bond donors (Lipinski definition) is 3. The fraction of sp³-hybridized carbons (Fsp3) is 0.725. The summed E-state index contributed by atoms with van der Waals surface area (Å²) in [6.45, 7) is 4.77. The van der Waals surface area contributed by atoms with Crippen molar-refractivity contribution in [2.45, 2.75) is 180 Å². The Bertz CT molecular complexity index is 880. The second-order valence-corrected chi connectivity index (χ2v) is 12.6. The first kappa shape index (κ1) is 44.3. The molecule has 2 unspecified atom stereocenters. The smallest absolute Gasteiger partial charge is 0.326 e. The highest BCUT2D eigenvalue weighted by molar-refractivity contribution is 5.83. The number of carbonyl (C=O) groups excluding carboxylic acids is 2. The van der Waals surface area contributed by atoms with Crippen molar-refractivity contribution in [1.29, 1.82) is 0 Å². The van der Waals surface area contributed by atoms with Crippen molar-refractivity contribution >= 4 is 17.8 Å². The molecule has 270 valence electrons. The number of amides is 1. The maximum absolute atomic E-state index is 12.5. The van der Waals surface area contributed by atoms with Crippen LogP contribution in [0.1, 0.15) is 168 Å². The van der Waals surface area contributed by atoms with Crippen LogP contribution in [-0.4, -0.2) is 41.6 Å². The number of rotatable bonds is 33. The van der Waals surface area contributed by atoms with E-state index in [1.54, 1.807) is 0 Å². The molecule has 0 bridgehead atoms. The Morgan fingerprint density at radius 1 is 0.638 bits per heavy atom. The van der Waals surface area contributed by atoms with E-state index in [-0.39, 0.29) is 18.0 Å². The number of allylic oxidation sites excluding steroid dienone is 7. The second-order valence-electron chi connectivity index (χ2n) is 12.6. The molecule has 0 aliphatic rings. The summed E-state index contributed by atoms with van der Waals surface area (Å²) in [5.41, 5.74) is 5.45. The van der Waals surface area contributed by atoms with Crippen molar-refractivity contribution < 1.29 is 24.2 Å². The zero-order valence-electron chi connectivity index (χ0n) is 30.1. The summed E-state index contributed by atoms with van der Waals surface area (Å²) in [5, 5.41) is 11.8. The van der Waals surface area contributed by atoms with Gasteiger partial charge in [0.1, 0.15) is 12.1 Å². The SMILES string of the molecule is CCC/C=C\C(CCCCCCC(=O)NC(CCCN)C(=O)O)OC(=O)CCCCCCCC/C=C\C/C=C\C/C=C\CCCCC. The van der Waals surface area contributed by atoms with Crippen LogP contribution in [0.25, 0.3) is 0 Å². The topological polar surface area (TPSA) is 119 Å². The van der Waals surface area contributed by atoms with Crippen LogP contribution >= 0.6 is 0 Å². The van der Waals surface area contributed by atoms with Gasteiger partial charge in [-0.25, -0.2) is 4.79 Å². The number of nitrogens with two attached hydrogens (primary N) is 1. The zero-order valence-corrected chi connectivity index (χ0v) is 30.1. The predicted molar refractivity (Wildman–Crippen MR) is 197 cm³/mol. The number of aliphatic carboxylic acids is 1. The molecule has 0 radical (unpaired) electrons. The minimum atomic E-state index is -1.02. The van der Waals surface area contributed by atoms with E-state index in [1.807, 2.05) is 6.08 Å². The molecule has 1 amide bonds. The molecule has 0 saturated heterocycles. The largest absolute Gasteiger partial charge is 0.480 e. The van der Waals surface area contributed by atoms with Gasteiger partial charge in [0.2, 0.25) is 5.91 Å². The van der Waals surface area contributed by atoms with Gasteiger partial charge in [-0.3, -0.25) is 9.59 Å². The van der Waals surface area contributed by atoms with E-state index in [2.05, 4.69) is 61.7 Å². The summed E-state index contributed by atoms with van der Waals surface area (Å²) in [5.74, 6) is -1.36. The molecule has 0 aromatic rings. The maximum Gasteiger partial charge on any atom is 0.326 e. The van der Waals surface area contributed by atoms with E-state index >= 15 is 0 Å². The summed E-state index contributed by atoms with van der Waals surface area (Å²) >= 11 is 0. The summed E-state index contributed by atoms with van der Waals surface area (Å²) in [4.78, 5) is 35.9. The van der Waals surface area contributed by atoms with Gasteiger partial charge >= 0.3 is 11.9 Å². The molecule has 0 spiro atoms. The van der Waals surface area contributed by atoms with Crippen molar-refractivity contribution in [2.24, 2.45) is 5.73 Å². The van der Waals surface area contributed by atoms with Gasteiger partial charge in [0, 0.05) is 12.8 Å². The molecular formula is C40H70N2O5. The lowest BCUT2D eigenvalue weighted by Gasteiger charge is -2.15. The van der Waals surface area contributed by atoms with E-state index < -0.39 is 12.0 Å².